The van der Waals surface area contributed by atoms with Gasteiger partial charge in [0.1, 0.15) is 6.07 Å². The summed E-state index contributed by atoms with van der Waals surface area (Å²) in [7, 11) is 0. The molecule has 21 heavy (non-hydrogen) atoms. The average molecular weight is 301 g/mol. The lowest BCUT2D eigenvalue weighted by Crippen LogP contribution is -2.21. The number of hydrogen-bond acceptors (Lipinski definition) is 3. The van der Waals surface area contributed by atoms with E-state index in [-0.39, 0.29) is 6.54 Å². The minimum absolute atomic E-state index is 0.175. The predicted molar refractivity (Wildman–Crippen MR) is 81.5 cm³/mol. The minimum Gasteiger partial charge on any atom is -0.481 e. The number of hydrogen-bond donors (Lipinski definition) is 2. The molecule has 0 aliphatic carbocycles. The summed E-state index contributed by atoms with van der Waals surface area (Å²) in [5.41, 5.74) is 1.56. The summed E-state index contributed by atoms with van der Waals surface area (Å²) in [6, 6.07) is 16.0. The number of aliphatic carboxylic acids is 1. The number of halogens is 1. The van der Waals surface area contributed by atoms with Crippen molar-refractivity contribution >= 4 is 23.3 Å². The molecule has 0 saturated heterocycles. The summed E-state index contributed by atoms with van der Waals surface area (Å²) in [6.07, 6.45) is 0. The summed E-state index contributed by atoms with van der Waals surface area (Å²) in [4.78, 5) is 11.4. The zero-order chi connectivity index (χ0) is 15.2. The molecule has 0 saturated carbocycles. The van der Waals surface area contributed by atoms with E-state index < -0.39 is 11.9 Å². The molecule has 0 bridgehead atoms. The highest BCUT2D eigenvalue weighted by molar-refractivity contribution is 6.32. The van der Waals surface area contributed by atoms with E-state index in [9.17, 15) is 9.90 Å². The molecule has 2 aromatic rings. The maximum Gasteiger partial charge on any atom is 0.312 e. The Bertz CT molecular complexity index is 680. The quantitative estimate of drug-likeness (QED) is 0.886. The Morgan fingerprint density at radius 2 is 1.95 bits per heavy atom. The molecule has 0 heterocycles. The highest BCUT2D eigenvalue weighted by atomic mass is 35.5. The first-order valence-electron chi connectivity index (χ1n) is 6.33. The molecule has 4 nitrogen and oxygen atoms in total. The van der Waals surface area contributed by atoms with Crippen molar-refractivity contribution in [2.45, 2.75) is 5.92 Å². The van der Waals surface area contributed by atoms with Crippen molar-refractivity contribution in [2.24, 2.45) is 0 Å². The number of anilines is 1. The number of benzene rings is 2. The molecule has 0 aliphatic rings. The second-order valence-corrected chi connectivity index (χ2v) is 4.86. The zero-order valence-electron chi connectivity index (χ0n) is 11.1. The van der Waals surface area contributed by atoms with Gasteiger partial charge in [-0.1, -0.05) is 48.0 Å². The second-order valence-electron chi connectivity index (χ2n) is 4.46. The number of carbonyl (C=O) groups is 1. The van der Waals surface area contributed by atoms with Crippen molar-refractivity contribution in [3.63, 3.8) is 0 Å². The smallest absolute Gasteiger partial charge is 0.312 e. The lowest BCUT2D eigenvalue weighted by atomic mass is 9.99. The van der Waals surface area contributed by atoms with E-state index >= 15 is 0 Å². The van der Waals surface area contributed by atoms with E-state index in [0.717, 1.165) is 0 Å². The Morgan fingerprint density at radius 3 is 2.57 bits per heavy atom. The van der Waals surface area contributed by atoms with Gasteiger partial charge in [0.2, 0.25) is 0 Å². The number of nitriles is 1. The molecule has 2 N–H and O–H groups in total. The largest absolute Gasteiger partial charge is 0.481 e. The lowest BCUT2D eigenvalue weighted by molar-refractivity contribution is -0.138. The van der Waals surface area contributed by atoms with Crippen molar-refractivity contribution in [1.82, 2.24) is 0 Å². The van der Waals surface area contributed by atoms with E-state index in [1.807, 2.05) is 12.1 Å². The molecule has 0 aromatic heterocycles. The van der Waals surface area contributed by atoms with Gasteiger partial charge < -0.3 is 10.4 Å². The summed E-state index contributed by atoms with van der Waals surface area (Å²) in [6.45, 7) is 0.175. The van der Waals surface area contributed by atoms with Crippen LogP contribution in [-0.4, -0.2) is 17.6 Å². The standard InChI is InChI=1S/C16H13ClN2O2/c17-14-7-4-8-15(12(14)9-18)19-10-13(16(20)21)11-5-2-1-3-6-11/h1-8,13,19H,10H2,(H,20,21). The van der Waals surface area contributed by atoms with Crippen LogP contribution in [0.1, 0.15) is 17.0 Å². The van der Waals surface area contributed by atoms with Crippen molar-refractivity contribution in [3.05, 3.63) is 64.7 Å². The lowest BCUT2D eigenvalue weighted by Gasteiger charge is -2.15. The highest BCUT2D eigenvalue weighted by Gasteiger charge is 2.20. The van der Waals surface area contributed by atoms with Crippen LogP contribution in [0.2, 0.25) is 5.02 Å². The Kier molecular flexibility index (Phi) is 4.81. The fourth-order valence-electron chi connectivity index (χ4n) is 2.03. The average Bonchev–Trinajstić information content (AvgIpc) is 2.48. The second kappa shape index (κ2) is 6.78. The van der Waals surface area contributed by atoms with E-state index in [1.165, 1.54) is 0 Å². The number of nitrogens with one attached hydrogen (secondary N) is 1. The first-order valence-corrected chi connectivity index (χ1v) is 6.71. The van der Waals surface area contributed by atoms with Gasteiger partial charge in [-0.05, 0) is 17.7 Å². The molecule has 0 radical (unpaired) electrons. The Hall–Kier alpha value is -2.51. The van der Waals surface area contributed by atoms with Crippen molar-refractivity contribution in [3.8, 4) is 6.07 Å². The number of carboxylic acids is 1. The number of carboxylic acid groups (broad SMARTS) is 1. The van der Waals surface area contributed by atoms with Crippen molar-refractivity contribution < 1.29 is 9.90 Å². The summed E-state index contributed by atoms with van der Waals surface area (Å²) in [5.74, 6) is -1.62. The van der Waals surface area contributed by atoms with Gasteiger partial charge in [-0.15, -0.1) is 0 Å². The van der Waals surface area contributed by atoms with Crippen LogP contribution in [-0.2, 0) is 4.79 Å². The van der Waals surface area contributed by atoms with Gasteiger partial charge in [-0.3, -0.25) is 4.79 Å². The first-order chi connectivity index (χ1) is 10.1. The predicted octanol–water partition coefficient (Wildman–Crippen LogP) is 3.49. The summed E-state index contributed by atoms with van der Waals surface area (Å²) >= 11 is 5.95. The molecule has 5 heteroatoms. The molecule has 106 valence electrons. The first kappa shape index (κ1) is 14.9. The van der Waals surface area contributed by atoms with Gasteiger partial charge in [0.05, 0.1) is 22.2 Å². The summed E-state index contributed by atoms with van der Waals surface area (Å²) < 4.78 is 0. The molecule has 0 aliphatic heterocycles. The van der Waals surface area contributed by atoms with Crippen molar-refractivity contribution in [1.29, 1.82) is 5.26 Å². The van der Waals surface area contributed by atoms with Crippen LogP contribution in [0.25, 0.3) is 0 Å². The van der Waals surface area contributed by atoms with Crippen LogP contribution in [0.4, 0.5) is 5.69 Å². The maximum atomic E-state index is 11.4. The van der Waals surface area contributed by atoms with Crippen LogP contribution >= 0.6 is 11.6 Å². The third kappa shape index (κ3) is 3.53. The molecule has 1 unspecified atom stereocenters. The zero-order valence-corrected chi connectivity index (χ0v) is 11.8. The Morgan fingerprint density at radius 1 is 1.24 bits per heavy atom. The molecule has 1 atom stereocenters. The SMILES string of the molecule is N#Cc1c(Cl)cccc1NCC(C(=O)O)c1ccccc1. The van der Waals surface area contributed by atoms with Gasteiger partial charge in [-0.25, -0.2) is 0 Å². The molecular formula is C16H13ClN2O2. The number of nitrogens with zero attached hydrogens (tertiary/aromatic N) is 1. The third-order valence-corrected chi connectivity index (χ3v) is 3.44. The Labute approximate surface area is 127 Å². The molecule has 0 fully saturated rings. The van der Waals surface area contributed by atoms with Gasteiger partial charge in [0.25, 0.3) is 0 Å². The molecule has 2 rings (SSSR count). The third-order valence-electron chi connectivity index (χ3n) is 3.12. The fourth-order valence-corrected chi connectivity index (χ4v) is 2.25. The van der Waals surface area contributed by atoms with E-state index in [2.05, 4.69) is 5.32 Å². The maximum absolute atomic E-state index is 11.4. The number of rotatable bonds is 5. The normalized spacial score (nSPS) is 11.4. The van der Waals surface area contributed by atoms with Gasteiger partial charge in [0.15, 0.2) is 0 Å². The monoisotopic (exact) mass is 300 g/mol. The van der Waals surface area contributed by atoms with Crippen LogP contribution < -0.4 is 5.32 Å². The molecule has 0 amide bonds. The molecular weight excluding hydrogens is 288 g/mol. The Balaban J connectivity index is 2.20. The van der Waals surface area contributed by atoms with Crippen LogP contribution in [0.3, 0.4) is 0 Å². The van der Waals surface area contributed by atoms with Gasteiger partial charge in [-0.2, -0.15) is 5.26 Å². The molecule has 0 spiro atoms. The van der Waals surface area contributed by atoms with Crippen LogP contribution in [0, 0.1) is 11.3 Å². The van der Waals surface area contributed by atoms with E-state index in [0.29, 0.717) is 21.8 Å². The van der Waals surface area contributed by atoms with Crippen molar-refractivity contribution in [2.75, 3.05) is 11.9 Å². The van der Waals surface area contributed by atoms with Crippen LogP contribution in [0.15, 0.2) is 48.5 Å². The summed E-state index contributed by atoms with van der Waals surface area (Å²) in [5, 5.41) is 21.8. The topological polar surface area (TPSA) is 73.1 Å². The molecule has 2 aromatic carbocycles. The van der Waals surface area contributed by atoms with Crippen LogP contribution in [0.5, 0.6) is 0 Å². The van der Waals surface area contributed by atoms with E-state index in [4.69, 9.17) is 16.9 Å². The van der Waals surface area contributed by atoms with Gasteiger partial charge in [0, 0.05) is 6.54 Å². The minimum atomic E-state index is -0.922. The highest BCUT2D eigenvalue weighted by Crippen LogP contribution is 2.24. The van der Waals surface area contributed by atoms with Gasteiger partial charge >= 0.3 is 5.97 Å². The van der Waals surface area contributed by atoms with E-state index in [1.54, 1.807) is 42.5 Å². The fraction of sp³-hybridized carbons (Fsp3) is 0.125.